The molecule has 6 aromatic carbocycles. The number of aryl methyl sites for hydroxylation is 1. The number of aromatic hydroxyl groups is 1. The fourth-order valence-electron chi connectivity index (χ4n) is 6.90. The SMILES string of the molecule is Cc1cc(-c2ccc3c(c2)oc2cccc(-c4ccccc4)c23)cc(-c2[c-]c(-c3cc(-c4ccccc4)cc(-c4ccccc4O)n3)ccc2)n1.[Pt]. The smallest absolute Gasteiger partial charge is 0.136 e. The summed E-state index contributed by atoms with van der Waals surface area (Å²) in [6.07, 6.45) is 0. The molecule has 4 nitrogen and oxygen atoms in total. The summed E-state index contributed by atoms with van der Waals surface area (Å²) >= 11 is 0. The molecule has 0 aliphatic rings. The second-order valence-corrected chi connectivity index (χ2v) is 12.7. The third-order valence-electron chi connectivity index (χ3n) is 9.33. The molecule has 0 bridgehead atoms. The topological polar surface area (TPSA) is 59.2 Å². The maximum atomic E-state index is 10.7. The Bertz CT molecular complexity index is 2720. The number of fused-ring (bicyclic) bond motifs is 3. The number of phenolic OH excluding ortho intramolecular Hbond substituents is 1. The van der Waals surface area contributed by atoms with Crippen molar-refractivity contribution in [1.82, 2.24) is 9.97 Å². The van der Waals surface area contributed by atoms with Crippen molar-refractivity contribution in [3.8, 4) is 72.9 Å². The van der Waals surface area contributed by atoms with Gasteiger partial charge in [-0.3, -0.25) is 9.97 Å². The van der Waals surface area contributed by atoms with Crippen LogP contribution in [0.2, 0.25) is 0 Å². The van der Waals surface area contributed by atoms with Gasteiger partial charge in [-0.15, -0.1) is 24.3 Å². The first-order valence-corrected chi connectivity index (χ1v) is 17.0. The van der Waals surface area contributed by atoms with E-state index in [1.165, 1.54) is 5.56 Å². The number of hydrogen-bond acceptors (Lipinski definition) is 4. The third kappa shape index (κ3) is 6.23. The number of pyridine rings is 2. The maximum absolute atomic E-state index is 10.7. The standard InChI is InChI=1S/C47H31N2O2.Pt/c1-30-24-36(33-22-23-40-46(29-33)51-45-21-11-19-38(47(40)45)32-14-6-3-7-15-32)26-41(48-30)34-16-10-17-35(25-34)42-27-37(31-12-4-2-5-13-31)28-43(49-42)39-18-8-9-20-44(39)50;/h2-24,26-29,50H,1H3;/q-1;. The monoisotopic (exact) mass is 850 g/mol. The molecule has 52 heavy (non-hydrogen) atoms. The Morgan fingerprint density at radius 3 is 1.85 bits per heavy atom. The molecule has 0 fully saturated rings. The van der Waals surface area contributed by atoms with Crippen molar-refractivity contribution in [3.05, 3.63) is 176 Å². The third-order valence-corrected chi connectivity index (χ3v) is 9.33. The zero-order chi connectivity index (χ0) is 34.3. The van der Waals surface area contributed by atoms with Crippen LogP contribution in [0.1, 0.15) is 5.69 Å². The molecule has 9 aromatic rings. The van der Waals surface area contributed by atoms with E-state index in [9.17, 15) is 5.11 Å². The van der Waals surface area contributed by atoms with Crippen LogP contribution in [0.15, 0.2) is 168 Å². The van der Waals surface area contributed by atoms with Gasteiger partial charge in [0.05, 0.1) is 5.69 Å². The number of furan rings is 1. The average Bonchev–Trinajstić information content (AvgIpc) is 3.57. The van der Waals surface area contributed by atoms with Gasteiger partial charge in [0.1, 0.15) is 16.9 Å². The van der Waals surface area contributed by atoms with Crippen LogP contribution in [0.3, 0.4) is 0 Å². The Labute approximate surface area is 316 Å². The van der Waals surface area contributed by atoms with Gasteiger partial charge in [-0.05, 0) is 82.8 Å². The molecule has 0 atom stereocenters. The van der Waals surface area contributed by atoms with Crippen LogP contribution in [0.25, 0.3) is 89.1 Å². The largest absolute Gasteiger partial charge is 0.507 e. The molecule has 3 heterocycles. The van der Waals surface area contributed by atoms with Crippen molar-refractivity contribution >= 4 is 21.9 Å². The van der Waals surface area contributed by atoms with Gasteiger partial charge in [0.15, 0.2) is 0 Å². The number of rotatable bonds is 6. The van der Waals surface area contributed by atoms with Crippen LogP contribution in [0.4, 0.5) is 0 Å². The molecule has 0 saturated carbocycles. The van der Waals surface area contributed by atoms with Crippen LogP contribution in [0, 0.1) is 13.0 Å². The van der Waals surface area contributed by atoms with E-state index < -0.39 is 0 Å². The number of benzene rings is 6. The number of hydrogen-bond donors (Lipinski definition) is 1. The Morgan fingerprint density at radius 2 is 1.10 bits per heavy atom. The molecule has 3 aromatic heterocycles. The van der Waals surface area contributed by atoms with Gasteiger partial charge in [0.25, 0.3) is 0 Å². The van der Waals surface area contributed by atoms with E-state index in [0.717, 1.165) is 78.0 Å². The molecule has 1 N–H and O–H groups in total. The summed E-state index contributed by atoms with van der Waals surface area (Å²) in [7, 11) is 0. The fraction of sp³-hybridized carbons (Fsp3) is 0.0213. The minimum absolute atomic E-state index is 0. The first kappa shape index (κ1) is 33.1. The molecular weight excluding hydrogens is 820 g/mol. The Hall–Kier alpha value is -6.09. The van der Waals surface area contributed by atoms with Crippen LogP contribution >= 0.6 is 0 Å². The zero-order valence-corrected chi connectivity index (χ0v) is 30.4. The van der Waals surface area contributed by atoms with E-state index in [-0.39, 0.29) is 26.8 Å². The molecule has 5 heteroatoms. The molecular formula is C47H31N2O2Pt-. The number of phenols is 1. The van der Waals surface area contributed by atoms with Crippen molar-refractivity contribution in [2.24, 2.45) is 0 Å². The van der Waals surface area contributed by atoms with Crippen molar-refractivity contribution in [2.75, 3.05) is 0 Å². The molecule has 0 aliphatic carbocycles. The zero-order valence-electron chi connectivity index (χ0n) is 28.2. The number of nitrogens with zero attached hydrogens (tertiary/aromatic N) is 2. The summed E-state index contributed by atoms with van der Waals surface area (Å²) in [5.41, 5.74) is 13.8. The molecule has 0 radical (unpaired) electrons. The van der Waals surface area contributed by atoms with Gasteiger partial charge in [-0.1, -0.05) is 114 Å². The molecule has 0 amide bonds. The Balaban J connectivity index is 0.00000387. The van der Waals surface area contributed by atoms with Crippen LogP contribution in [0.5, 0.6) is 5.75 Å². The first-order valence-electron chi connectivity index (χ1n) is 17.0. The molecule has 0 unspecified atom stereocenters. The minimum atomic E-state index is 0. The van der Waals surface area contributed by atoms with E-state index in [1.807, 2.05) is 79.7 Å². The maximum Gasteiger partial charge on any atom is 0.136 e. The van der Waals surface area contributed by atoms with E-state index in [2.05, 4.69) is 91.0 Å². The van der Waals surface area contributed by atoms with Crippen molar-refractivity contribution < 1.29 is 30.6 Å². The normalized spacial score (nSPS) is 11.1. The van der Waals surface area contributed by atoms with Crippen molar-refractivity contribution in [3.63, 3.8) is 0 Å². The second-order valence-electron chi connectivity index (χ2n) is 12.7. The minimum Gasteiger partial charge on any atom is -0.507 e. The predicted octanol–water partition coefficient (Wildman–Crippen LogP) is 12.2. The molecule has 0 aliphatic heterocycles. The summed E-state index contributed by atoms with van der Waals surface area (Å²) in [6.45, 7) is 2.02. The van der Waals surface area contributed by atoms with Crippen molar-refractivity contribution in [1.29, 1.82) is 0 Å². The quantitative estimate of drug-likeness (QED) is 0.169. The fourth-order valence-corrected chi connectivity index (χ4v) is 6.90. The molecule has 0 saturated heterocycles. The van der Waals surface area contributed by atoms with E-state index in [0.29, 0.717) is 11.3 Å². The Kier molecular flexibility index (Phi) is 8.84. The Morgan fingerprint density at radius 1 is 0.481 bits per heavy atom. The number of para-hydroxylation sites is 1. The average molecular weight is 851 g/mol. The van der Waals surface area contributed by atoms with Crippen LogP contribution in [-0.4, -0.2) is 15.1 Å². The van der Waals surface area contributed by atoms with Gasteiger partial charge in [0, 0.05) is 54.5 Å². The summed E-state index contributed by atoms with van der Waals surface area (Å²) < 4.78 is 6.43. The van der Waals surface area contributed by atoms with Gasteiger partial charge in [-0.2, -0.15) is 0 Å². The molecule has 9 rings (SSSR count). The van der Waals surface area contributed by atoms with E-state index in [4.69, 9.17) is 14.4 Å². The summed E-state index contributed by atoms with van der Waals surface area (Å²) in [6, 6.07) is 58.7. The number of aromatic nitrogens is 2. The second kappa shape index (κ2) is 13.9. The summed E-state index contributed by atoms with van der Waals surface area (Å²) in [5.74, 6) is 0.188. The van der Waals surface area contributed by atoms with Gasteiger partial charge in [0.2, 0.25) is 0 Å². The van der Waals surface area contributed by atoms with Crippen LogP contribution in [-0.2, 0) is 21.1 Å². The van der Waals surface area contributed by atoms with E-state index >= 15 is 0 Å². The predicted molar refractivity (Wildman–Crippen MR) is 207 cm³/mol. The van der Waals surface area contributed by atoms with Gasteiger partial charge >= 0.3 is 0 Å². The van der Waals surface area contributed by atoms with Crippen LogP contribution < -0.4 is 0 Å². The van der Waals surface area contributed by atoms with Gasteiger partial charge < -0.3 is 9.52 Å². The summed E-state index contributed by atoms with van der Waals surface area (Å²) in [5, 5.41) is 12.9. The molecule has 252 valence electrons. The summed E-state index contributed by atoms with van der Waals surface area (Å²) in [4.78, 5) is 9.97. The van der Waals surface area contributed by atoms with Gasteiger partial charge in [-0.25, -0.2) is 0 Å². The first-order chi connectivity index (χ1) is 25.1. The van der Waals surface area contributed by atoms with E-state index in [1.54, 1.807) is 6.07 Å². The molecule has 0 spiro atoms. The van der Waals surface area contributed by atoms with Crippen molar-refractivity contribution in [2.45, 2.75) is 6.92 Å².